The second kappa shape index (κ2) is 4.18. The van der Waals surface area contributed by atoms with Gasteiger partial charge in [0.1, 0.15) is 0 Å². The lowest BCUT2D eigenvalue weighted by Gasteiger charge is -2.05. The molecule has 0 aliphatic carbocycles. The number of halogens is 1. The predicted octanol–water partition coefficient (Wildman–Crippen LogP) is 3.13. The standard InChI is InChI=1S/C13H10ClN3/c14-13-12-10(4-7-16-13)5-8-17(12)9-11-3-1-2-6-15-11/h1-8H,9H2. The first-order chi connectivity index (χ1) is 8.34. The van der Waals surface area contributed by atoms with E-state index >= 15 is 0 Å². The molecular weight excluding hydrogens is 234 g/mol. The SMILES string of the molecule is Clc1nccc2ccn(Cc3ccccn3)c12. The molecule has 0 amide bonds. The van der Waals surface area contributed by atoms with Crippen molar-refractivity contribution in [3.63, 3.8) is 0 Å². The van der Waals surface area contributed by atoms with Gasteiger partial charge in [-0.3, -0.25) is 4.98 Å². The van der Waals surface area contributed by atoms with Crippen molar-refractivity contribution in [1.82, 2.24) is 14.5 Å². The summed E-state index contributed by atoms with van der Waals surface area (Å²) in [4.78, 5) is 8.41. The van der Waals surface area contributed by atoms with Crippen LogP contribution in [0.4, 0.5) is 0 Å². The third-order valence-electron chi connectivity index (χ3n) is 2.69. The van der Waals surface area contributed by atoms with E-state index in [-0.39, 0.29) is 0 Å². The molecule has 3 aromatic heterocycles. The Bertz CT molecular complexity index is 646. The van der Waals surface area contributed by atoms with Crippen molar-refractivity contribution in [3.05, 3.63) is 59.8 Å². The second-order valence-electron chi connectivity index (χ2n) is 3.80. The van der Waals surface area contributed by atoms with Gasteiger partial charge >= 0.3 is 0 Å². The van der Waals surface area contributed by atoms with E-state index in [1.54, 1.807) is 12.4 Å². The van der Waals surface area contributed by atoms with Crippen LogP contribution in [0, 0.1) is 0 Å². The molecule has 3 heterocycles. The Balaban J connectivity index is 2.07. The number of hydrogen-bond donors (Lipinski definition) is 0. The van der Waals surface area contributed by atoms with Crippen LogP contribution in [0.5, 0.6) is 0 Å². The first-order valence-corrected chi connectivity index (χ1v) is 5.71. The summed E-state index contributed by atoms with van der Waals surface area (Å²) in [5.41, 5.74) is 1.96. The van der Waals surface area contributed by atoms with Crippen LogP contribution in [0.1, 0.15) is 5.69 Å². The summed E-state index contributed by atoms with van der Waals surface area (Å²) in [6.45, 7) is 0.704. The Morgan fingerprint density at radius 2 is 2.00 bits per heavy atom. The number of fused-ring (bicyclic) bond motifs is 1. The van der Waals surface area contributed by atoms with Crippen molar-refractivity contribution in [3.8, 4) is 0 Å². The average molecular weight is 244 g/mol. The topological polar surface area (TPSA) is 30.7 Å². The second-order valence-corrected chi connectivity index (χ2v) is 4.16. The van der Waals surface area contributed by atoms with Crippen LogP contribution in [-0.2, 0) is 6.54 Å². The van der Waals surface area contributed by atoms with Crippen molar-refractivity contribution in [2.75, 3.05) is 0 Å². The van der Waals surface area contributed by atoms with Crippen LogP contribution in [-0.4, -0.2) is 14.5 Å². The molecule has 3 rings (SSSR count). The third kappa shape index (κ3) is 1.89. The maximum atomic E-state index is 6.12. The summed E-state index contributed by atoms with van der Waals surface area (Å²) in [5.74, 6) is 0. The van der Waals surface area contributed by atoms with Crippen LogP contribution < -0.4 is 0 Å². The number of aromatic nitrogens is 3. The quantitative estimate of drug-likeness (QED) is 0.648. The molecule has 3 nitrogen and oxygen atoms in total. The molecule has 4 heteroatoms. The van der Waals surface area contributed by atoms with Gasteiger partial charge in [0.25, 0.3) is 0 Å². The summed E-state index contributed by atoms with van der Waals surface area (Å²) in [7, 11) is 0. The molecule has 0 unspecified atom stereocenters. The van der Waals surface area contributed by atoms with Crippen molar-refractivity contribution in [2.45, 2.75) is 6.54 Å². The summed E-state index contributed by atoms with van der Waals surface area (Å²) in [6, 6.07) is 9.87. The maximum absolute atomic E-state index is 6.12. The minimum Gasteiger partial charge on any atom is -0.339 e. The molecule has 84 valence electrons. The minimum absolute atomic E-state index is 0.531. The molecule has 0 aliphatic heterocycles. The van der Waals surface area contributed by atoms with Gasteiger partial charge in [-0.25, -0.2) is 4.98 Å². The van der Waals surface area contributed by atoms with Gasteiger partial charge in [0.2, 0.25) is 0 Å². The highest BCUT2D eigenvalue weighted by atomic mass is 35.5. The Hall–Kier alpha value is -1.87. The Labute approximate surface area is 104 Å². The van der Waals surface area contributed by atoms with E-state index in [1.165, 1.54) is 0 Å². The van der Waals surface area contributed by atoms with E-state index in [4.69, 9.17) is 11.6 Å². The van der Waals surface area contributed by atoms with Crippen LogP contribution in [0.25, 0.3) is 10.9 Å². The molecule has 0 radical (unpaired) electrons. The largest absolute Gasteiger partial charge is 0.339 e. The molecular formula is C13H10ClN3. The lowest BCUT2D eigenvalue weighted by atomic mass is 10.3. The number of nitrogens with zero attached hydrogens (tertiary/aromatic N) is 3. The average Bonchev–Trinajstić information content (AvgIpc) is 2.75. The molecule has 0 aliphatic rings. The normalized spacial score (nSPS) is 10.9. The Kier molecular flexibility index (Phi) is 2.53. The van der Waals surface area contributed by atoms with Gasteiger partial charge in [0.05, 0.1) is 17.8 Å². The van der Waals surface area contributed by atoms with E-state index < -0.39 is 0 Å². The summed E-state index contributed by atoms with van der Waals surface area (Å²) in [5, 5.41) is 1.63. The molecule has 0 N–H and O–H groups in total. The fraction of sp³-hybridized carbons (Fsp3) is 0.0769. The van der Waals surface area contributed by atoms with Gasteiger partial charge < -0.3 is 4.57 Å². The highest BCUT2D eigenvalue weighted by Gasteiger charge is 2.06. The zero-order chi connectivity index (χ0) is 11.7. The van der Waals surface area contributed by atoms with E-state index in [0.29, 0.717) is 11.7 Å². The highest BCUT2D eigenvalue weighted by molar-refractivity contribution is 6.33. The van der Waals surface area contributed by atoms with Crippen LogP contribution in [0.15, 0.2) is 48.9 Å². The Morgan fingerprint density at radius 3 is 2.82 bits per heavy atom. The highest BCUT2D eigenvalue weighted by Crippen LogP contribution is 2.22. The zero-order valence-electron chi connectivity index (χ0n) is 9.05. The van der Waals surface area contributed by atoms with E-state index in [1.807, 2.05) is 36.5 Å². The summed E-state index contributed by atoms with van der Waals surface area (Å²) >= 11 is 6.12. The van der Waals surface area contributed by atoms with Gasteiger partial charge in [-0.15, -0.1) is 0 Å². The van der Waals surface area contributed by atoms with Crippen molar-refractivity contribution in [2.24, 2.45) is 0 Å². The zero-order valence-corrected chi connectivity index (χ0v) is 9.80. The maximum Gasteiger partial charge on any atom is 0.153 e. The van der Waals surface area contributed by atoms with Crippen molar-refractivity contribution in [1.29, 1.82) is 0 Å². The van der Waals surface area contributed by atoms with Gasteiger partial charge in [-0.05, 0) is 24.3 Å². The van der Waals surface area contributed by atoms with Crippen molar-refractivity contribution >= 4 is 22.5 Å². The van der Waals surface area contributed by atoms with Crippen LogP contribution in [0.3, 0.4) is 0 Å². The minimum atomic E-state index is 0.531. The first kappa shape index (κ1) is 10.3. The van der Waals surface area contributed by atoms with E-state index in [0.717, 1.165) is 16.6 Å². The molecule has 0 atom stereocenters. The fourth-order valence-electron chi connectivity index (χ4n) is 1.90. The lowest BCUT2D eigenvalue weighted by Crippen LogP contribution is -2.00. The van der Waals surface area contributed by atoms with E-state index in [2.05, 4.69) is 14.5 Å². The molecule has 17 heavy (non-hydrogen) atoms. The predicted molar refractivity (Wildman–Crippen MR) is 68.1 cm³/mol. The van der Waals surface area contributed by atoms with Gasteiger partial charge in [0.15, 0.2) is 5.15 Å². The number of pyridine rings is 2. The van der Waals surface area contributed by atoms with Crippen LogP contribution in [0.2, 0.25) is 5.15 Å². The molecule has 0 bridgehead atoms. The lowest BCUT2D eigenvalue weighted by molar-refractivity contribution is 0.806. The summed E-state index contributed by atoms with van der Waals surface area (Å²) in [6.07, 6.45) is 5.52. The molecule has 0 fully saturated rings. The molecule has 0 saturated heterocycles. The Morgan fingerprint density at radius 1 is 1.06 bits per heavy atom. The third-order valence-corrected chi connectivity index (χ3v) is 2.97. The van der Waals surface area contributed by atoms with Gasteiger partial charge in [0, 0.05) is 24.0 Å². The fourth-order valence-corrected chi connectivity index (χ4v) is 2.18. The summed E-state index contributed by atoms with van der Waals surface area (Å²) < 4.78 is 2.06. The molecule has 0 saturated carbocycles. The molecule has 0 spiro atoms. The van der Waals surface area contributed by atoms with Gasteiger partial charge in [-0.2, -0.15) is 0 Å². The van der Waals surface area contributed by atoms with Crippen LogP contribution >= 0.6 is 11.6 Å². The molecule has 3 aromatic rings. The number of rotatable bonds is 2. The first-order valence-electron chi connectivity index (χ1n) is 5.34. The van der Waals surface area contributed by atoms with E-state index in [9.17, 15) is 0 Å². The van der Waals surface area contributed by atoms with Gasteiger partial charge in [-0.1, -0.05) is 17.7 Å². The number of hydrogen-bond acceptors (Lipinski definition) is 2. The monoisotopic (exact) mass is 243 g/mol. The smallest absolute Gasteiger partial charge is 0.153 e. The van der Waals surface area contributed by atoms with Crippen molar-refractivity contribution < 1.29 is 0 Å². The molecule has 0 aromatic carbocycles.